The Labute approximate surface area is 196 Å². The second kappa shape index (κ2) is 10.4. The molecule has 0 spiro atoms. The molecule has 11 heteroatoms. The van der Waals surface area contributed by atoms with Gasteiger partial charge in [-0.25, -0.2) is 9.97 Å². The number of hydrogen-bond acceptors (Lipinski definition) is 9. The second-order valence-electron chi connectivity index (χ2n) is 7.34. The second-order valence-corrected chi connectivity index (χ2v) is 9.02. The molecule has 1 N–H and O–H groups in total. The lowest BCUT2D eigenvalue weighted by Crippen LogP contribution is -2.13. The summed E-state index contributed by atoms with van der Waals surface area (Å²) in [6, 6.07) is 5.67. The average molecular weight is 477 g/mol. The molecule has 1 aliphatic rings. The molecule has 1 aromatic carbocycles. The molecule has 170 valence electrons. The van der Waals surface area contributed by atoms with E-state index in [4.69, 9.17) is 25.8 Å². The zero-order valence-corrected chi connectivity index (χ0v) is 19.7. The first-order valence-electron chi connectivity index (χ1n) is 10.2. The standard InChI is InChI=1S/C21H25ClN6O3S/c1-13(9-18-23-10-15(22)11-24-18)32-27-21-26-25-20(14-7-8-31-12-14)28(21)19-16(29-2)5-4-6-17(19)30-3/h4-6,10-11,13-14H,7-9,12H2,1-3H3,(H,26,27). The highest BCUT2D eigenvalue weighted by Crippen LogP contribution is 2.38. The largest absolute Gasteiger partial charge is 0.494 e. The van der Waals surface area contributed by atoms with E-state index in [-0.39, 0.29) is 11.2 Å². The molecule has 3 heterocycles. The highest BCUT2D eigenvalue weighted by molar-refractivity contribution is 8.01. The first-order chi connectivity index (χ1) is 15.6. The van der Waals surface area contributed by atoms with Gasteiger partial charge in [0, 0.05) is 36.6 Å². The number of nitrogens with one attached hydrogen (secondary N) is 1. The van der Waals surface area contributed by atoms with E-state index in [9.17, 15) is 0 Å². The van der Waals surface area contributed by atoms with Crippen LogP contribution in [0.15, 0.2) is 30.6 Å². The maximum atomic E-state index is 5.88. The number of anilines is 1. The van der Waals surface area contributed by atoms with E-state index in [2.05, 4.69) is 31.8 Å². The molecule has 0 radical (unpaired) electrons. The molecular weight excluding hydrogens is 452 g/mol. The Balaban J connectivity index is 1.62. The molecule has 1 fully saturated rings. The Morgan fingerprint density at radius 1 is 1.22 bits per heavy atom. The number of hydrogen-bond donors (Lipinski definition) is 1. The van der Waals surface area contributed by atoms with Gasteiger partial charge in [0.15, 0.2) is 0 Å². The van der Waals surface area contributed by atoms with Crippen molar-refractivity contribution < 1.29 is 14.2 Å². The first kappa shape index (κ1) is 22.6. The van der Waals surface area contributed by atoms with Gasteiger partial charge in [-0.3, -0.25) is 9.29 Å². The van der Waals surface area contributed by atoms with Crippen LogP contribution in [0.2, 0.25) is 5.02 Å². The summed E-state index contributed by atoms with van der Waals surface area (Å²) < 4.78 is 22.2. The quantitative estimate of drug-likeness (QED) is 0.461. The monoisotopic (exact) mass is 476 g/mol. The summed E-state index contributed by atoms with van der Waals surface area (Å²) in [5.74, 6) is 3.59. The van der Waals surface area contributed by atoms with Gasteiger partial charge in [-0.1, -0.05) is 24.6 Å². The van der Waals surface area contributed by atoms with Crippen LogP contribution in [0, 0.1) is 0 Å². The third-order valence-electron chi connectivity index (χ3n) is 5.10. The van der Waals surface area contributed by atoms with Crippen LogP contribution in [-0.2, 0) is 11.2 Å². The van der Waals surface area contributed by atoms with Crippen molar-refractivity contribution >= 4 is 29.5 Å². The molecule has 32 heavy (non-hydrogen) atoms. The number of rotatable bonds is 9. The molecule has 2 aromatic heterocycles. The fourth-order valence-electron chi connectivity index (χ4n) is 3.53. The number of aromatic nitrogens is 5. The van der Waals surface area contributed by atoms with Crippen molar-refractivity contribution in [3.8, 4) is 17.2 Å². The molecule has 0 bridgehead atoms. The predicted octanol–water partition coefficient (Wildman–Crippen LogP) is 3.92. The first-order valence-corrected chi connectivity index (χ1v) is 11.5. The average Bonchev–Trinajstić information content (AvgIpc) is 3.48. The molecule has 9 nitrogen and oxygen atoms in total. The van der Waals surface area contributed by atoms with E-state index in [0.29, 0.717) is 42.1 Å². The van der Waals surface area contributed by atoms with E-state index in [1.165, 1.54) is 11.9 Å². The molecular formula is C21H25ClN6O3S. The van der Waals surface area contributed by atoms with Crippen LogP contribution in [0.25, 0.3) is 5.69 Å². The van der Waals surface area contributed by atoms with Crippen LogP contribution in [0.4, 0.5) is 5.95 Å². The lowest BCUT2D eigenvalue weighted by atomic mass is 10.1. The number of methoxy groups -OCH3 is 2. The Hall–Kier alpha value is -2.56. The van der Waals surface area contributed by atoms with Crippen LogP contribution < -0.4 is 14.2 Å². The van der Waals surface area contributed by atoms with E-state index in [1.807, 2.05) is 22.8 Å². The van der Waals surface area contributed by atoms with E-state index >= 15 is 0 Å². The fourth-order valence-corrected chi connectivity index (χ4v) is 4.30. The van der Waals surface area contributed by atoms with Gasteiger partial charge in [0.25, 0.3) is 0 Å². The van der Waals surface area contributed by atoms with Crippen LogP contribution in [-0.4, -0.2) is 57.4 Å². The predicted molar refractivity (Wildman–Crippen MR) is 124 cm³/mol. The van der Waals surface area contributed by atoms with Crippen LogP contribution in [0.3, 0.4) is 0 Å². The van der Waals surface area contributed by atoms with Crippen LogP contribution in [0.1, 0.15) is 30.9 Å². The molecule has 1 aliphatic heterocycles. The van der Waals surface area contributed by atoms with Crippen LogP contribution in [0.5, 0.6) is 11.5 Å². The Morgan fingerprint density at radius 3 is 2.56 bits per heavy atom. The zero-order chi connectivity index (χ0) is 22.5. The van der Waals surface area contributed by atoms with E-state index in [0.717, 1.165) is 23.8 Å². The topological polar surface area (TPSA) is 96.2 Å². The molecule has 1 saturated heterocycles. The van der Waals surface area contributed by atoms with Gasteiger partial charge >= 0.3 is 0 Å². The molecule has 3 aromatic rings. The minimum Gasteiger partial charge on any atom is -0.494 e. The number of nitrogens with zero attached hydrogens (tertiary/aromatic N) is 5. The number of benzene rings is 1. The maximum absolute atomic E-state index is 5.88. The number of ether oxygens (including phenoxy) is 3. The van der Waals surface area contributed by atoms with Gasteiger partial charge in [-0.05, 0) is 30.5 Å². The summed E-state index contributed by atoms with van der Waals surface area (Å²) in [6.07, 6.45) is 4.77. The highest BCUT2D eigenvalue weighted by Gasteiger charge is 2.29. The SMILES string of the molecule is COc1cccc(OC)c1-n1c(NSC(C)Cc2ncc(Cl)cn2)nnc1C1CCOC1. The normalized spacial score (nSPS) is 16.7. The summed E-state index contributed by atoms with van der Waals surface area (Å²) in [7, 11) is 3.27. The fraction of sp³-hybridized carbons (Fsp3) is 0.429. The Kier molecular flexibility index (Phi) is 7.33. The van der Waals surface area contributed by atoms with Crippen molar-refractivity contribution in [2.75, 3.05) is 32.2 Å². The molecule has 2 atom stereocenters. The number of para-hydroxylation sites is 1. The van der Waals surface area contributed by atoms with Crippen molar-refractivity contribution in [1.29, 1.82) is 0 Å². The van der Waals surface area contributed by atoms with Crippen LogP contribution >= 0.6 is 23.5 Å². The highest BCUT2D eigenvalue weighted by atomic mass is 35.5. The molecule has 2 unspecified atom stereocenters. The van der Waals surface area contributed by atoms with Crippen molar-refractivity contribution in [2.45, 2.75) is 30.9 Å². The van der Waals surface area contributed by atoms with Gasteiger partial charge in [-0.2, -0.15) is 0 Å². The summed E-state index contributed by atoms with van der Waals surface area (Å²) in [5.41, 5.74) is 0.751. The zero-order valence-electron chi connectivity index (χ0n) is 18.1. The molecule has 0 aliphatic carbocycles. The lowest BCUT2D eigenvalue weighted by molar-refractivity contribution is 0.193. The third kappa shape index (κ3) is 4.92. The van der Waals surface area contributed by atoms with Gasteiger partial charge in [0.1, 0.15) is 28.8 Å². The van der Waals surface area contributed by atoms with Gasteiger partial charge in [0.05, 0.1) is 25.8 Å². The molecule has 4 rings (SSSR count). The van der Waals surface area contributed by atoms with Crippen molar-refractivity contribution in [3.63, 3.8) is 0 Å². The van der Waals surface area contributed by atoms with Crippen molar-refractivity contribution in [1.82, 2.24) is 24.7 Å². The van der Waals surface area contributed by atoms with Gasteiger partial charge < -0.3 is 14.2 Å². The maximum Gasteiger partial charge on any atom is 0.239 e. The summed E-state index contributed by atoms with van der Waals surface area (Å²) >= 11 is 7.40. The van der Waals surface area contributed by atoms with E-state index < -0.39 is 0 Å². The van der Waals surface area contributed by atoms with Gasteiger partial charge in [-0.15, -0.1) is 10.2 Å². The third-order valence-corrected chi connectivity index (χ3v) is 6.17. The molecule has 0 saturated carbocycles. The minimum atomic E-state index is 0.137. The Morgan fingerprint density at radius 2 is 1.94 bits per heavy atom. The minimum absolute atomic E-state index is 0.137. The lowest BCUT2D eigenvalue weighted by Gasteiger charge is -2.19. The summed E-state index contributed by atoms with van der Waals surface area (Å²) in [5, 5.41) is 9.64. The Bertz CT molecular complexity index is 1020. The number of halogens is 1. The molecule has 0 amide bonds. The summed E-state index contributed by atoms with van der Waals surface area (Å²) in [4.78, 5) is 8.55. The van der Waals surface area contributed by atoms with Crippen molar-refractivity contribution in [3.05, 3.63) is 47.3 Å². The van der Waals surface area contributed by atoms with Gasteiger partial charge in [0.2, 0.25) is 5.95 Å². The van der Waals surface area contributed by atoms with Crippen molar-refractivity contribution in [2.24, 2.45) is 0 Å². The summed E-state index contributed by atoms with van der Waals surface area (Å²) in [6.45, 7) is 3.40. The smallest absolute Gasteiger partial charge is 0.239 e. The van der Waals surface area contributed by atoms with E-state index in [1.54, 1.807) is 26.6 Å².